The summed E-state index contributed by atoms with van der Waals surface area (Å²) in [5.74, 6) is 0.727. The Morgan fingerprint density at radius 3 is 2.69 bits per heavy atom. The van der Waals surface area contributed by atoms with Gasteiger partial charge in [-0.3, -0.25) is 4.72 Å². The van der Waals surface area contributed by atoms with Crippen molar-refractivity contribution < 1.29 is 17.5 Å². The van der Waals surface area contributed by atoms with Crippen molar-refractivity contribution in [2.75, 3.05) is 23.6 Å². The fraction of sp³-hybridized carbons (Fsp3) is 0.387. The van der Waals surface area contributed by atoms with Gasteiger partial charge in [-0.15, -0.1) is 0 Å². The summed E-state index contributed by atoms with van der Waals surface area (Å²) >= 11 is 0. The van der Waals surface area contributed by atoms with E-state index in [2.05, 4.69) is 39.0 Å². The summed E-state index contributed by atoms with van der Waals surface area (Å²) in [7, 11) is -3.77. The van der Waals surface area contributed by atoms with Crippen LogP contribution < -0.4 is 20.1 Å². The van der Waals surface area contributed by atoms with E-state index in [1.807, 2.05) is 26.0 Å². The van der Waals surface area contributed by atoms with E-state index in [1.54, 1.807) is 44.3 Å². The summed E-state index contributed by atoms with van der Waals surface area (Å²) in [6.45, 7) is 15.0. The van der Waals surface area contributed by atoms with Gasteiger partial charge in [-0.1, -0.05) is 39.0 Å². The van der Waals surface area contributed by atoms with Gasteiger partial charge in [0.15, 0.2) is 0 Å². The van der Waals surface area contributed by atoms with Gasteiger partial charge in [0.1, 0.15) is 11.6 Å². The van der Waals surface area contributed by atoms with E-state index in [0.29, 0.717) is 45.5 Å². The molecule has 1 saturated heterocycles. The van der Waals surface area contributed by atoms with Gasteiger partial charge in [-0.05, 0) is 75.2 Å². The van der Waals surface area contributed by atoms with Gasteiger partial charge < -0.3 is 15.4 Å². The molecule has 0 amide bonds. The number of aliphatic imine (C=N–C) groups is 2. The van der Waals surface area contributed by atoms with Gasteiger partial charge in [0.2, 0.25) is 21.9 Å². The number of aryl methyl sites for hydroxylation is 1. The van der Waals surface area contributed by atoms with E-state index in [-0.39, 0.29) is 23.4 Å². The number of halogens is 1. The monoisotopic (exact) mass is 594 g/mol. The maximum absolute atomic E-state index is 15.0. The van der Waals surface area contributed by atoms with Gasteiger partial charge in [0.05, 0.1) is 23.0 Å². The Bertz CT molecular complexity index is 1620. The number of pyridine rings is 1. The predicted octanol–water partition coefficient (Wildman–Crippen LogP) is 5.88. The Labute approximate surface area is 247 Å². The van der Waals surface area contributed by atoms with Crippen LogP contribution in [-0.2, 0) is 10.0 Å². The van der Waals surface area contributed by atoms with Gasteiger partial charge in [0.25, 0.3) is 0 Å². The molecule has 0 unspecified atom stereocenters. The number of nitrogens with zero attached hydrogens (tertiary/aromatic N) is 3. The second kappa shape index (κ2) is 13.4. The van der Waals surface area contributed by atoms with Crippen molar-refractivity contribution in [2.24, 2.45) is 21.8 Å². The molecule has 11 heteroatoms. The topological polar surface area (TPSA) is 117 Å². The SMILES string of the molecule is C=NC(=N[C@@H]1CNC[C@@H](C)C1)N/C(=C\C)c1cccnc1Oc1c(C)ccc2c(NS(=O)(=O)CC(C)C)c(F)ccc12. The summed E-state index contributed by atoms with van der Waals surface area (Å²) in [4.78, 5) is 13.4. The lowest BCUT2D eigenvalue weighted by atomic mass is 9.98. The minimum atomic E-state index is -3.77. The Balaban J connectivity index is 1.70. The first-order chi connectivity index (χ1) is 20.0. The van der Waals surface area contributed by atoms with Crippen molar-refractivity contribution in [1.82, 2.24) is 15.6 Å². The van der Waals surface area contributed by atoms with Crippen LogP contribution in [0.5, 0.6) is 11.6 Å². The summed E-state index contributed by atoms with van der Waals surface area (Å²) in [6.07, 6.45) is 4.45. The zero-order valence-corrected chi connectivity index (χ0v) is 25.6. The molecule has 0 saturated carbocycles. The van der Waals surface area contributed by atoms with E-state index in [4.69, 9.17) is 9.73 Å². The van der Waals surface area contributed by atoms with Crippen LogP contribution >= 0.6 is 0 Å². The number of anilines is 1. The van der Waals surface area contributed by atoms with Crippen LogP contribution in [0.1, 0.15) is 45.2 Å². The number of hydrogen-bond acceptors (Lipinski definition) is 6. The van der Waals surface area contributed by atoms with E-state index in [1.165, 1.54) is 6.07 Å². The fourth-order valence-corrected chi connectivity index (χ4v) is 6.52. The van der Waals surface area contributed by atoms with Gasteiger partial charge in [-0.25, -0.2) is 27.8 Å². The van der Waals surface area contributed by atoms with Crippen molar-refractivity contribution in [2.45, 2.75) is 47.1 Å². The van der Waals surface area contributed by atoms with Crippen molar-refractivity contribution in [3.63, 3.8) is 0 Å². The molecule has 42 heavy (non-hydrogen) atoms. The highest BCUT2D eigenvalue weighted by Crippen LogP contribution is 2.39. The van der Waals surface area contributed by atoms with Crippen LogP contribution in [0.25, 0.3) is 16.5 Å². The molecule has 3 aromatic rings. The number of hydrogen-bond donors (Lipinski definition) is 3. The molecule has 0 bridgehead atoms. The van der Waals surface area contributed by atoms with Gasteiger partial charge >= 0.3 is 0 Å². The lowest BCUT2D eigenvalue weighted by molar-refractivity contribution is 0.365. The lowest BCUT2D eigenvalue weighted by Crippen LogP contribution is -2.38. The number of ether oxygens (including phenoxy) is 1. The van der Waals surface area contributed by atoms with E-state index in [0.717, 1.165) is 25.1 Å². The summed E-state index contributed by atoms with van der Waals surface area (Å²) in [5.41, 5.74) is 1.99. The molecule has 0 radical (unpaired) electrons. The number of fused-ring (bicyclic) bond motifs is 1. The first-order valence-corrected chi connectivity index (χ1v) is 15.7. The van der Waals surface area contributed by atoms with Crippen molar-refractivity contribution in [3.05, 3.63) is 65.6 Å². The smallest absolute Gasteiger partial charge is 0.233 e. The van der Waals surface area contributed by atoms with E-state index >= 15 is 0 Å². The number of piperidine rings is 1. The average Bonchev–Trinajstić information content (AvgIpc) is 2.93. The largest absolute Gasteiger partial charge is 0.437 e. The Morgan fingerprint density at radius 2 is 2.00 bits per heavy atom. The molecule has 2 aromatic carbocycles. The third kappa shape index (κ3) is 7.51. The van der Waals surface area contributed by atoms with Crippen molar-refractivity contribution in [1.29, 1.82) is 0 Å². The fourth-order valence-electron chi connectivity index (χ4n) is 5.04. The molecule has 4 rings (SSSR count). The Hall–Kier alpha value is -3.83. The zero-order valence-electron chi connectivity index (χ0n) is 24.7. The predicted molar refractivity (Wildman–Crippen MR) is 169 cm³/mol. The number of aromatic nitrogens is 1. The number of benzene rings is 2. The Kier molecular flexibility index (Phi) is 9.95. The molecule has 3 N–H and O–H groups in total. The molecule has 0 aliphatic carbocycles. The molecule has 2 heterocycles. The van der Waals surface area contributed by atoms with Crippen LogP contribution in [0.4, 0.5) is 10.1 Å². The van der Waals surface area contributed by atoms with Crippen LogP contribution in [-0.4, -0.2) is 51.0 Å². The summed E-state index contributed by atoms with van der Waals surface area (Å²) in [5, 5.41) is 7.59. The molecule has 9 nitrogen and oxygen atoms in total. The molecular weight excluding hydrogens is 555 g/mol. The quantitative estimate of drug-likeness (QED) is 0.211. The molecule has 2 atom stereocenters. The normalized spacial score (nSPS) is 18.3. The molecule has 1 fully saturated rings. The van der Waals surface area contributed by atoms with Crippen LogP contribution in [0.15, 0.2) is 58.7 Å². The molecular formula is C31H39FN6O3S. The summed E-state index contributed by atoms with van der Waals surface area (Å²) in [6, 6.07) is 10.0. The second-order valence-corrected chi connectivity index (χ2v) is 12.8. The Morgan fingerprint density at radius 1 is 1.24 bits per heavy atom. The number of allylic oxidation sites excluding steroid dienone is 1. The third-order valence-corrected chi connectivity index (χ3v) is 8.53. The second-order valence-electron chi connectivity index (χ2n) is 11.1. The molecule has 1 aliphatic rings. The molecule has 224 valence electrons. The highest BCUT2D eigenvalue weighted by Gasteiger charge is 2.22. The molecule has 1 aromatic heterocycles. The highest BCUT2D eigenvalue weighted by atomic mass is 32.2. The number of sulfonamides is 1. The van der Waals surface area contributed by atoms with E-state index < -0.39 is 15.8 Å². The minimum absolute atomic E-state index is 0.0790. The standard InChI is InChI=1S/C31H39FN6O3S/c1-7-27(37-31(33-6)36-22-15-20(4)16-34-17-22)25-9-8-14-35-30(25)41-29-21(5)10-11-23-24(29)12-13-26(32)28(23)38-42(39,40)18-19(2)3/h7-14,19-20,22,34,38H,6,15-18H2,1-5H3,(H,36,37)/b27-7-/t20-,22-/m0/s1. The van der Waals surface area contributed by atoms with Crippen LogP contribution in [0.2, 0.25) is 0 Å². The first kappa shape index (κ1) is 31.1. The van der Waals surface area contributed by atoms with Gasteiger partial charge in [-0.2, -0.15) is 0 Å². The van der Waals surface area contributed by atoms with Crippen molar-refractivity contribution in [3.8, 4) is 11.6 Å². The van der Waals surface area contributed by atoms with Crippen LogP contribution in [0, 0.1) is 24.6 Å². The minimum Gasteiger partial charge on any atom is -0.437 e. The number of rotatable bonds is 9. The molecule has 1 aliphatic heterocycles. The number of guanidine groups is 1. The highest BCUT2D eigenvalue weighted by molar-refractivity contribution is 7.92. The average molecular weight is 595 g/mol. The first-order valence-electron chi connectivity index (χ1n) is 14.0. The maximum atomic E-state index is 15.0. The molecule has 0 spiro atoms. The van der Waals surface area contributed by atoms with Gasteiger partial charge in [0, 0.05) is 29.2 Å². The van der Waals surface area contributed by atoms with Crippen LogP contribution in [0.3, 0.4) is 0 Å². The lowest BCUT2D eigenvalue weighted by Gasteiger charge is -2.25. The zero-order chi connectivity index (χ0) is 30.4. The van der Waals surface area contributed by atoms with E-state index in [9.17, 15) is 12.8 Å². The number of nitrogens with one attached hydrogen (secondary N) is 3. The maximum Gasteiger partial charge on any atom is 0.233 e. The van der Waals surface area contributed by atoms with Crippen molar-refractivity contribution >= 4 is 44.9 Å². The summed E-state index contributed by atoms with van der Waals surface area (Å²) < 4.78 is 49.2. The third-order valence-electron chi connectivity index (χ3n) is 6.90.